The molecule has 250 valence electrons. The van der Waals surface area contributed by atoms with Gasteiger partial charge in [-0.05, 0) is 92.6 Å². The molecular formula is C40H40ClN5O3. The molecule has 2 heterocycles. The van der Waals surface area contributed by atoms with Gasteiger partial charge in [-0.25, -0.2) is 0 Å². The lowest BCUT2D eigenvalue weighted by molar-refractivity contribution is 0.0942. The molecule has 8 nitrogen and oxygen atoms in total. The number of carbonyl (C=O) groups excluding carboxylic acids is 2. The highest BCUT2D eigenvalue weighted by atomic mass is 35.5. The van der Waals surface area contributed by atoms with Crippen molar-refractivity contribution >= 4 is 34.3 Å². The predicted molar refractivity (Wildman–Crippen MR) is 195 cm³/mol. The van der Waals surface area contributed by atoms with Crippen molar-refractivity contribution < 1.29 is 14.3 Å². The highest BCUT2D eigenvalue weighted by Crippen LogP contribution is 2.35. The third-order valence-corrected chi connectivity index (χ3v) is 9.35. The third-order valence-electron chi connectivity index (χ3n) is 8.75. The highest BCUT2D eigenvalue weighted by molar-refractivity contribution is 6.32. The van der Waals surface area contributed by atoms with Crippen molar-refractivity contribution in [2.45, 2.75) is 53.6 Å². The number of carbonyl (C=O) groups is 2. The first-order valence-electron chi connectivity index (χ1n) is 16.4. The Hall–Kier alpha value is -5.34. The molecule has 0 saturated carbocycles. The van der Waals surface area contributed by atoms with Gasteiger partial charge in [-0.3, -0.25) is 14.7 Å². The van der Waals surface area contributed by atoms with E-state index in [0.717, 1.165) is 72.0 Å². The standard InChI is InChI=1S/C40H40ClN5O3/c1-24-19-31(20-25(2)36(24)41)49-18-10-17-33-32-15-9-16-34(35-26(3)45-46-27(35)4)37(32)44-38(33)40(48)43-23-29-13-8-14-30(21-29)39(47)42-22-28-11-6-5-7-12-28/h5-9,11-16,19-21,44H,10,17-18,22-23H2,1-4H3,(H,42,47)(H,43,48)(H,45,46). The lowest BCUT2D eigenvalue weighted by atomic mass is 9.98. The number of aromatic amines is 2. The Balaban J connectivity index is 1.21. The maximum atomic E-state index is 13.9. The Labute approximate surface area is 291 Å². The zero-order valence-corrected chi connectivity index (χ0v) is 28.9. The number of H-pyrrole nitrogens is 2. The number of benzene rings is 4. The Kier molecular flexibility index (Phi) is 10.2. The Bertz CT molecular complexity index is 2090. The van der Waals surface area contributed by atoms with E-state index in [4.69, 9.17) is 16.3 Å². The highest BCUT2D eigenvalue weighted by Gasteiger charge is 2.22. The second-order valence-electron chi connectivity index (χ2n) is 12.4. The molecule has 4 N–H and O–H groups in total. The number of amides is 2. The van der Waals surface area contributed by atoms with Crippen LogP contribution in [0.25, 0.3) is 22.0 Å². The van der Waals surface area contributed by atoms with Crippen molar-refractivity contribution in [3.63, 3.8) is 0 Å². The number of fused-ring (bicyclic) bond motifs is 1. The van der Waals surface area contributed by atoms with Gasteiger partial charge in [0.2, 0.25) is 0 Å². The Morgan fingerprint density at radius 3 is 2.24 bits per heavy atom. The Morgan fingerprint density at radius 1 is 0.816 bits per heavy atom. The summed E-state index contributed by atoms with van der Waals surface area (Å²) in [5.41, 5.74) is 10.5. The lowest BCUT2D eigenvalue weighted by Gasteiger charge is -2.11. The molecule has 4 aromatic carbocycles. The molecule has 2 aromatic heterocycles. The molecule has 6 aromatic rings. The van der Waals surface area contributed by atoms with Crippen LogP contribution < -0.4 is 15.4 Å². The molecule has 0 aliphatic rings. The van der Waals surface area contributed by atoms with Crippen LogP contribution in [-0.2, 0) is 19.5 Å². The molecule has 6 rings (SSSR count). The van der Waals surface area contributed by atoms with Crippen LogP contribution in [0, 0.1) is 27.7 Å². The van der Waals surface area contributed by atoms with Crippen molar-refractivity contribution in [3.05, 3.63) is 140 Å². The molecule has 0 aliphatic carbocycles. The van der Waals surface area contributed by atoms with Crippen LogP contribution in [0.3, 0.4) is 0 Å². The van der Waals surface area contributed by atoms with Crippen molar-refractivity contribution in [1.82, 2.24) is 25.8 Å². The first-order valence-corrected chi connectivity index (χ1v) is 16.8. The second-order valence-corrected chi connectivity index (χ2v) is 12.8. The number of nitrogens with one attached hydrogen (secondary N) is 4. The van der Waals surface area contributed by atoms with E-state index >= 15 is 0 Å². The van der Waals surface area contributed by atoms with Crippen LogP contribution >= 0.6 is 11.6 Å². The normalized spacial score (nSPS) is 11.1. The number of para-hydroxylation sites is 1. The van der Waals surface area contributed by atoms with Gasteiger partial charge >= 0.3 is 0 Å². The molecule has 0 spiro atoms. The number of nitrogens with zero attached hydrogens (tertiary/aromatic N) is 1. The summed E-state index contributed by atoms with van der Waals surface area (Å²) in [7, 11) is 0. The van der Waals surface area contributed by atoms with Gasteiger partial charge in [0.1, 0.15) is 11.4 Å². The molecule has 9 heteroatoms. The van der Waals surface area contributed by atoms with E-state index in [0.29, 0.717) is 37.3 Å². The SMILES string of the molecule is Cc1cc(OCCCc2c(C(=O)NCc3cccc(C(=O)NCc4ccccc4)c3)[nH]c3c(-c4c(C)n[nH]c4C)cccc23)cc(C)c1Cl. The summed E-state index contributed by atoms with van der Waals surface area (Å²) in [4.78, 5) is 30.3. The first kappa shape index (κ1) is 33.6. The van der Waals surface area contributed by atoms with E-state index in [9.17, 15) is 9.59 Å². The van der Waals surface area contributed by atoms with E-state index in [1.165, 1.54) is 0 Å². The minimum Gasteiger partial charge on any atom is -0.494 e. The number of aryl methyl sites for hydroxylation is 5. The van der Waals surface area contributed by atoms with Crippen LogP contribution in [0.2, 0.25) is 5.02 Å². The van der Waals surface area contributed by atoms with Gasteiger partial charge in [0.15, 0.2) is 0 Å². The molecular weight excluding hydrogens is 634 g/mol. The first-order chi connectivity index (χ1) is 23.7. The fourth-order valence-electron chi connectivity index (χ4n) is 6.29. The Morgan fingerprint density at radius 2 is 1.51 bits per heavy atom. The minimum absolute atomic E-state index is 0.168. The third kappa shape index (κ3) is 7.55. The average molecular weight is 674 g/mol. The smallest absolute Gasteiger partial charge is 0.268 e. The van der Waals surface area contributed by atoms with E-state index < -0.39 is 0 Å². The van der Waals surface area contributed by atoms with Gasteiger partial charge in [0.25, 0.3) is 11.8 Å². The van der Waals surface area contributed by atoms with Gasteiger partial charge in [-0.15, -0.1) is 0 Å². The maximum absolute atomic E-state index is 13.9. The van der Waals surface area contributed by atoms with Gasteiger partial charge in [-0.2, -0.15) is 5.10 Å². The number of halogens is 1. The lowest BCUT2D eigenvalue weighted by Crippen LogP contribution is -2.25. The fraction of sp³-hybridized carbons (Fsp3) is 0.225. The molecule has 2 amide bonds. The van der Waals surface area contributed by atoms with E-state index in [1.54, 1.807) is 6.07 Å². The van der Waals surface area contributed by atoms with Gasteiger partial charge in [0, 0.05) is 45.9 Å². The number of hydrogen-bond donors (Lipinski definition) is 4. The monoisotopic (exact) mass is 673 g/mol. The molecule has 0 aliphatic heterocycles. The van der Waals surface area contributed by atoms with Crippen LogP contribution in [-0.4, -0.2) is 33.6 Å². The zero-order chi connectivity index (χ0) is 34.5. The maximum Gasteiger partial charge on any atom is 0.268 e. The number of ether oxygens (including phenoxy) is 1. The summed E-state index contributed by atoms with van der Waals surface area (Å²) in [5.74, 6) is 0.389. The largest absolute Gasteiger partial charge is 0.494 e. The van der Waals surface area contributed by atoms with Crippen molar-refractivity contribution in [2.75, 3.05) is 6.61 Å². The molecule has 49 heavy (non-hydrogen) atoms. The summed E-state index contributed by atoms with van der Waals surface area (Å²) in [5, 5.41) is 15.3. The number of hydrogen-bond acceptors (Lipinski definition) is 4. The quantitative estimate of drug-likeness (QED) is 0.0979. The summed E-state index contributed by atoms with van der Waals surface area (Å²) in [6, 6.07) is 27.1. The van der Waals surface area contributed by atoms with E-state index in [-0.39, 0.29) is 18.4 Å². The summed E-state index contributed by atoms with van der Waals surface area (Å²) >= 11 is 6.35. The second kappa shape index (κ2) is 14.8. The topological polar surface area (TPSA) is 112 Å². The predicted octanol–water partition coefficient (Wildman–Crippen LogP) is 8.32. The van der Waals surface area contributed by atoms with Crippen LogP contribution in [0.1, 0.15) is 66.5 Å². The van der Waals surface area contributed by atoms with E-state index in [2.05, 4.69) is 37.9 Å². The molecule has 0 radical (unpaired) electrons. The van der Waals surface area contributed by atoms with E-state index in [1.807, 2.05) is 94.4 Å². The number of aromatic nitrogens is 3. The summed E-state index contributed by atoms with van der Waals surface area (Å²) in [6.07, 6.45) is 1.32. The van der Waals surface area contributed by atoms with Gasteiger partial charge < -0.3 is 20.4 Å². The molecule has 0 atom stereocenters. The van der Waals surface area contributed by atoms with Gasteiger partial charge in [-0.1, -0.05) is 72.3 Å². The van der Waals surface area contributed by atoms with Crippen LogP contribution in [0.5, 0.6) is 5.75 Å². The summed E-state index contributed by atoms with van der Waals surface area (Å²) in [6.45, 7) is 9.09. The van der Waals surface area contributed by atoms with Gasteiger partial charge in [0.05, 0.1) is 17.8 Å². The van der Waals surface area contributed by atoms with Crippen molar-refractivity contribution in [2.24, 2.45) is 0 Å². The average Bonchev–Trinajstić information content (AvgIpc) is 3.66. The molecule has 0 bridgehead atoms. The van der Waals surface area contributed by atoms with Crippen molar-refractivity contribution in [1.29, 1.82) is 0 Å². The zero-order valence-electron chi connectivity index (χ0n) is 28.2. The number of rotatable bonds is 12. The van der Waals surface area contributed by atoms with Crippen LogP contribution in [0.4, 0.5) is 0 Å². The molecule has 0 unspecified atom stereocenters. The van der Waals surface area contributed by atoms with Crippen LogP contribution in [0.15, 0.2) is 84.9 Å². The summed E-state index contributed by atoms with van der Waals surface area (Å²) < 4.78 is 6.11. The fourth-order valence-corrected chi connectivity index (χ4v) is 6.39. The molecule has 0 fully saturated rings. The van der Waals surface area contributed by atoms with Crippen molar-refractivity contribution in [3.8, 4) is 16.9 Å². The molecule has 0 saturated heterocycles. The minimum atomic E-state index is -0.221.